The van der Waals surface area contributed by atoms with E-state index in [2.05, 4.69) is 16.1 Å². The lowest BCUT2D eigenvalue weighted by Crippen LogP contribution is -2.38. The number of aliphatic carboxylic acids is 1. The van der Waals surface area contributed by atoms with Crippen molar-refractivity contribution in [2.75, 3.05) is 6.61 Å². The van der Waals surface area contributed by atoms with Gasteiger partial charge in [-0.25, -0.2) is 9.59 Å². The number of hydrogen-bond donors (Lipinski definition) is 2. The van der Waals surface area contributed by atoms with Gasteiger partial charge >= 0.3 is 23.8 Å². The molecule has 1 fully saturated rings. The van der Waals surface area contributed by atoms with Crippen molar-refractivity contribution in [1.82, 2.24) is 0 Å². The Morgan fingerprint density at radius 3 is 2.22 bits per heavy atom. The lowest BCUT2D eigenvalue weighted by molar-refractivity contribution is -0.192. The van der Waals surface area contributed by atoms with Crippen molar-refractivity contribution >= 4 is 23.4 Å². The van der Waals surface area contributed by atoms with Crippen LogP contribution < -0.4 is 5.73 Å². The minimum atomic E-state index is -5.08. The Morgan fingerprint density at radius 1 is 1.30 bits per heavy atom. The molecule has 27 heavy (non-hydrogen) atoms. The van der Waals surface area contributed by atoms with E-state index >= 15 is 0 Å². The molecule has 0 aromatic carbocycles. The molecule has 0 radical (unpaired) electrons. The third-order valence-corrected chi connectivity index (χ3v) is 3.81. The number of ether oxygens (including phenoxy) is 1. The SMILES string of the molecule is C=CCOC(=O)C(=[N+]=[N-])C(=O)C[C@@H](N)C1CCCCC1.O=C(O)C(F)(F)F. The maximum atomic E-state index is 11.9. The summed E-state index contributed by atoms with van der Waals surface area (Å²) in [5.74, 6) is -4.00. The van der Waals surface area contributed by atoms with Crippen LogP contribution in [0.4, 0.5) is 13.2 Å². The van der Waals surface area contributed by atoms with Crippen LogP contribution in [0.2, 0.25) is 0 Å². The van der Waals surface area contributed by atoms with Gasteiger partial charge < -0.3 is 21.1 Å². The molecule has 3 N–H and O–H groups in total. The average molecular weight is 393 g/mol. The van der Waals surface area contributed by atoms with Gasteiger partial charge in [0.05, 0.1) is 0 Å². The summed E-state index contributed by atoms with van der Waals surface area (Å²) in [5, 5.41) is 7.12. The number of nitrogens with zero attached hydrogens (tertiary/aromatic N) is 2. The fourth-order valence-electron chi connectivity index (χ4n) is 2.45. The summed E-state index contributed by atoms with van der Waals surface area (Å²) in [4.78, 5) is 35.1. The topological polar surface area (TPSA) is 143 Å². The number of Topliss-reactive ketones (excluding diaryl/α,β-unsaturated/α-hetero) is 1. The average Bonchev–Trinajstić information content (AvgIpc) is 2.61. The minimum Gasteiger partial charge on any atom is -0.475 e. The molecule has 0 spiro atoms. The Balaban J connectivity index is 0.000000821. The summed E-state index contributed by atoms with van der Waals surface area (Å²) < 4.78 is 36.4. The lowest BCUT2D eigenvalue weighted by Gasteiger charge is -2.26. The number of halogens is 3. The fourth-order valence-corrected chi connectivity index (χ4v) is 2.45. The zero-order chi connectivity index (χ0) is 21.0. The Kier molecular flexibility index (Phi) is 10.9. The van der Waals surface area contributed by atoms with Crippen molar-refractivity contribution in [3.63, 3.8) is 0 Å². The van der Waals surface area contributed by atoms with Crippen LogP contribution in [0.15, 0.2) is 12.7 Å². The molecule has 0 aliphatic heterocycles. The Hall–Kier alpha value is -2.52. The second kappa shape index (κ2) is 12.0. The molecule has 11 heteroatoms. The second-order valence-electron chi connectivity index (χ2n) is 5.83. The number of carbonyl (C=O) groups excluding carboxylic acids is 2. The molecule has 0 aromatic rings. The highest BCUT2D eigenvalue weighted by Gasteiger charge is 2.38. The van der Waals surface area contributed by atoms with Crippen LogP contribution in [0, 0.1) is 5.92 Å². The highest BCUT2D eigenvalue weighted by molar-refractivity contribution is 6.62. The Bertz CT molecular complexity index is 595. The molecular formula is C16H22F3N3O5. The van der Waals surface area contributed by atoms with Crippen LogP contribution in [0.5, 0.6) is 0 Å². The van der Waals surface area contributed by atoms with Crippen LogP contribution in [0.25, 0.3) is 5.53 Å². The number of carboxylic acids is 1. The second-order valence-corrected chi connectivity index (χ2v) is 5.83. The number of carbonyl (C=O) groups is 3. The predicted molar refractivity (Wildman–Crippen MR) is 87.6 cm³/mol. The van der Waals surface area contributed by atoms with Gasteiger partial charge in [-0.1, -0.05) is 31.9 Å². The maximum Gasteiger partial charge on any atom is 0.490 e. The van der Waals surface area contributed by atoms with E-state index in [4.69, 9.17) is 21.2 Å². The first-order valence-corrected chi connectivity index (χ1v) is 8.13. The summed E-state index contributed by atoms with van der Waals surface area (Å²) in [6.07, 6.45) is 1.72. The van der Waals surface area contributed by atoms with Crippen molar-refractivity contribution in [3.8, 4) is 0 Å². The summed E-state index contributed by atoms with van der Waals surface area (Å²) >= 11 is 0. The third kappa shape index (κ3) is 9.66. The standard InChI is InChI=1S/C14H21N3O3.C2HF3O2/c1-2-8-20-14(19)13(17-16)12(18)9-11(15)10-6-4-3-5-7-10;3-2(4,5)1(6)7/h2,10-11H,1,3-9,15H2;(H,6,7)/t11-;/m1./s1. The molecular weight excluding hydrogens is 371 g/mol. The molecule has 1 atom stereocenters. The van der Waals surface area contributed by atoms with E-state index in [1.807, 2.05) is 0 Å². The van der Waals surface area contributed by atoms with Gasteiger partial charge in [0.25, 0.3) is 5.78 Å². The van der Waals surface area contributed by atoms with E-state index in [0.717, 1.165) is 25.7 Å². The highest BCUT2D eigenvalue weighted by Crippen LogP contribution is 2.26. The Labute approximate surface area is 153 Å². The van der Waals surface area contributed by atoms with Crippen LogP contribution in [0.1, 0.15) is 38.5 Å². The van der Waals surface area contributed by atoms with Gasteiger partial charge in [-0.05, 0) is 18.8 Å². The van der Waals surface area contributed by atoms with E-state index < -0.39 is 29.6 Å². The third-order valence-electron chi connectivity index (χ3n) is 3.81. The molecule has 1 aliphatic carbocycles. The fraction of sp³-hybridized carbons (Fsp3) is 0.625. The molecule has 1 aliphatic rings. The molecule has 0 amide bonds. The molecule has 0 aromatic heterocycles. The normalized spacial score (nSPS) is 15.4. The number of ketones is 1. The van der Waals surface area contributed by atoms with Crippen molar-refractivity contribution in [3.05, 3.63) is 18.2 Å². The van der Waals surface area contributed by atoms with Crippen LogP contribution in [-0.4, -0.2) is 52.2 Å². The lowest BCUT2D eigenvalue weighted by atomic mass is 9.82. The predicted octanol–water partition coefficient (Wildman–Crippen LogP) is 1.89. The van der Waals surface area contributed by atoms with Crippen molar-refractivity contribution < 1.29 is 42.2 Å². The maximum absolute atomic E-state index is 11.9. The molecule has 0 heterocycles. The van der Waals surface area contributed by atoms with E-state index in [9.17, 15) is 22.8 Å². The molecule has 152 valence electrons. The van der Waals surface area contributed by atoms with E-state index in [1.165, 1.54) is 12.5 Å². The van der Waals surface area contributed by atoms with Crippen LogP contribution >= 0.6 is 0 Å². The smallest absolute Gasteiger partial charge is 0.475 e. The van der Waals surface area contributed by atoms with Gasteiger partial charge in [-0.3, -0.25) is 4.79 Å². The van der Waals surface area contributed by atoms with E-state index in [1.54, 1.807) is 0 Å². The van der Waals surface area contributed by atoms with Crippen LogP contribution in [0.3, 0.4) is 0 Å². The van der Waals surface area contributed by atoms with Crippen LogP contribution in [-0.2, 0) is 19.1 Å². The molecule has 0 unspecified atom stereocenters. The van der Waals surface area contributed by atoms with Crippen molar-refractivity contribution in [2.45, 2.75) is 50.7 Å². The molecule has 0 bridgehead atoms. The number of rotatable bonds is 7. The van der Waals surface area contributed by atoms with E-state index in [-0.39, 0.29) is 25.0 Å². The zero-order valence-corrected chi connectivity index (χ0v) is 14.6. The first-order valence-electron chi connectivity index (χ1n) is 8.13. The van der Waals surface area contributed by atoms with Gasteiger partial charge in [-0.15, -0.1) is 0 Å². The first kappa shape index (κ1) is 24.5. The van der Waals surface area contributed by atoms with Crippen molar-refractivity contribution in [1.29, 1.82) is 0 Å². The highest BCUT2D eigenvalue weighted by atomic mass is 19.4. The Morgan fingerprint density at radius 2 is 1.81 bits per heavy atom. The number of esters is 1. The van der Waals surface area contributed by atoms with Crippen molar-refractivity contribution in [2.24, 2.45) is 11.7 Å². The molecule has 1 saturated carbocycles. The largest absolute Gasteiger partial charge is 0.490 e. The quantitative estimate of drug-likeness (QED) is 0.169. The summed E-state index contributed by atoms with van der Waals surface area (Å²) in [6.45, 7) is 3.35. The van der Waals surface area contributed by atoms with Gasteiger partial charge in [0.1, 0.15) is 6.61 Å². The molecule has 1 rings (SSSR count). The van der Waals surface area contributed by atoms with E-state index in [0.29, 0.717) is 0 Å². The van der Waals surface area contributed by atoms with Gasteiger partial charge in [-0.2, -0.15) is 18.0 Å². The summed E-state index contributed by atoms with van der Waals surface area (Å²) in [7, 11) is 0. The number of carboxylic acid groups (broad SMARTS) is 1. The molecule has 0 saturated heterocycles. The summed E-state index contributed by atoms with van der Waals surface area (Å²) in [5.41, 5.74) is 14.2. The van der Waals surface area contributed by atoms with Gasteiger partial charge in [0, 0.05) is 12.5 Å². The monoisotopic (exact) mass is 393 g/mol. The van der Waals surface area contributed by atoms with Gasteiger partial charge in [0.2, 0.25) is 0 Å². The number of hydrogen-bond acceptors (Lipinski definition) is 5. The minimum absolute atomic E-state index is 0.00670. The van der Waals surface area contributed by atoms with Gasteiger partial charge in [0.15, 0.2) is 0 Å². The summed E-state index contributed by atoms with van der Waals surface area (Å²) in [6, 6.07) is -0.313. The number of nitrogens with two attached hydrogens (primary N) is 1. The molecule has 8 nitrogen and oxygen atoms in total. The zero-order valence-electron chi connectivity index (χ0n) is 14.6. The number of alkyl halides is 3. The first-order chi connectivity index (χ1) is 12.5.